The Labute approximate surface area is 224 Å². The average Bonchev–Trinajstić information content (AvgIpc) is 3.22. The van der Waals surface area contributed by atoms with Crippen molar-refractivity contribution in [3.05, 3.63) is 55.0 Å². The molecular formula is C31H39N3O4. The van der Waals surface area contributed by atoms with Gasteiger partial charge < -0.3 is 23.9 Å². The van der Waals surface area contributed by atoms with E-state index >= 15 is 0 Å². The Morgan fingerprint density at radius 3 is 2.34 bits per heavy atom. The molecule has 7 heteroatoms. The van der Waals surface area contributed by atoms with Crippen molar-refractivity contribution < 1.29 is 19.3 Å². The minimum atomic E-state index is -0.134. The summed E-state index contributed by atoms with van der Waals surface area (Å²) in [7, 11) is 2.10. The fourth-order valence-electron chi connectivity index (χ4n) is 5.04. The number of unbranched alkanes of at least 4 members (excludes halogenated alkanes) is 4. The lowest BCUT2D eigenvalue weighted by Crippen LogP contribution is -2.35. The van der Waals surface area contributed by atoms with E-state index in [9.17, 15) is 5.11 Å². The number of aromatic nitrogens is 3. The lowest BCUT2D eigenvalue weighted by molar-refractivity contribution is -0.0715. The predicted octanol–water partition coefficient (Wildman–Crippen LogP) is 6.06. The zero-order chi connectivity index (χ0) is 26.2. The molecule has 1 fully saturated rings. The van der Waals surface area contributed by atoms with Gasteiger partial charge in [0.2, 0.25) is 5.88 Å². The number of nitrogens with zero attached hydrogens (tertiary/aromatic N) is 3. The van der Waals surface area contributed by atoms with Crippen LogP contribution in [0.1, 0.15) is 51.4 Å². The summed E-state index contributed by atoms with van der Waals surface area (Å²) in [5.41, 5.74) is 4.58. The number of pyridine rings is 2. The quantitative estimate of drug-likeness (QED) is 0.193. The summed E-state index contributed by atoms with van der Waals surface area (Å²) in [6.45, 7) is 3.09. The molecule has 1 aliphatic carbocycles. The maximum Gasteiger partial charge on any atom is 0.213 e. The first-order valence-corrected chi connectivity index (χ1v) is 14.0. The van der Waals surface area contributed by atoms with E-state index in [0.29, 0.717) is 12.5 Å². The van der Waals surface area contributed by atoms with Crippen LogP contribution in [0, 0.1) is 0 Å². The van der Waals surface area contributed by atoms with Crippen molar-refractivity contribution in [2.24, 2.45) is 7.05 Å². The molecule has 0 saturated heterocycles. The summed E-state index contributed by atoms with van der Waals surface area (Å²) >= 11 is 0. The highest BCUT2D eigenvalue weighted by Gasteiger charge is 2.27. The van der Waals surface area contributed by atoms with E-state index in [0.717, 1.165) is 82.3 Å². The molecule has 1 aromatic carbocycles. The van der Waals surface area contributed by atoms with E-state index in [1.807, 2.05) is 24.7 Å². The third kappa shape index (κ3) is 6.70. The van der Waals surface area contributed by atoms with Crippen molar-refractivity contribution in [3.63, 3.8) is 0 Å². The van der Waals surface area contributed by atoms with Crippen LogP contribution >= 0.6 is 0 Å². The van der Waals surface area contributed by atoms with Crippen LogP contribution < -0.4 is 4.74 Å². The number of ether oxygens (including phenoxy) is 3. The van der Waals surface area contributed by atoms with E-state index < -0.39 is 0 Å². The van der Waals surface area contributed by atoms with E-state index in [1.54, 1.807) is 0 Å². The van der Waals surface area contributed by atoms with E-state index in [2.05, 4.69) is 51.9 Å². The van der Waals surface area contributed by atoms with Crippen LogP contribution in [0.15, 0.2) is 55.0 Å². The monoisotopic (exact) mass is 517 g/mol. The van der Waals surface area contributed by atoms with Gasteiger partial charge >= 0.3 is 0 Å². The number of benzene rings is 1. The molecule has 0 aliphatic heterocycles. The van der Waals surface area contributed by atoms with Crippen LogP contribution in [0.5, 0.6) is 5.88 Å². The number of aliphatic hydroxyl groups is 1. The molecule has 3 heterocycles. The summed E-state index contributed by atoms with van der Waals surface area (Å²) in [6, 6.07) is 12.6. The van der Waals surface area contributed by atoms with Gasteiger partial charge in [-0.2, -0.15) is 0 Å². The van der Waals surface area contributed by atoms with Gasteiger partial charge in [0.15, 0.2) is 0 Å². The zero-order valence-electron chi connectivity index (χ0n) is 22.3. The number of hydrogen-bond acceptors (Lipinski definition) is 6. The van der Waals surface area contributed by atoms with Crippen molar-refractivity contribution in [1.29, 1.82) is 0 Å². The summed E-state index contributed by atoms with van der Waals surface area (Å²) in [6.07, 6.45) is 13.8. The van der Waals surface area contributed by atoms with E-state index in [4.69, 9.17) is 14.2 Å². The highest BCUT2D eigenvalue weighted by atomic mass is 16.5. The van der Waals surface area contributed by atoms with Crippen molar-refractivity contribution in [2.75, 3.05) is 26.4 Å². The molecule has 3 aromatic heterocycles. The first kappa shape index (κ1) is 26.6. The Morgan fingerprint density at radius 1 is 0.816 bits per heavy atom. The smallest absolute Gasteiger partial charge is 0.213 e. The maximum atomic E-state index is 9.25. The fraction of sp³-hybridized carbons (Fsp3) is 0.484. The van der Waals surface area contributed by atoms with Gasteiger partial charge in [-0.05, 0) is 75.1 Å². The van der Waals surface area contributed by atoms with Gasteiger partial charge in [-0.15, -0.1) is 0 Å². The van der Waals surface area contributed by atoms with Crippen molar-refractivity contribution in [2.45, 2.75) is 63.6 Å². The van der Waals surface area contributed by atoms with Crippen LogP contribution in [0.4, 0.5) is 0 Å². The summed E-state index contributed by atoms with van der Waals surface area (Å²) in [4.78, 5) is 8.81. The van der Waals surface area contributed by atoms with E-state index in [1.165, 1.54) is 21.8 Å². The Kier molecular flexibility index (Phi) is 9.23. The number of rotatable bonds is 15. The van der Waals surface area contributed by atoms with Crippen LogP contribution in [0.25, 0.3) is 32.9 Å². The Hall–Kier alpha value is -3.00. The average molecular weight is 518 g/mol. The summed E-state index contributed by atoms with van der Waals surface area (Å²) in [5, 5.41) is 11.6. The van der Waals surface area contributed by atoms with Crippen LogP contribution in [0.2, 0.25) is 0 Å². The molecule has 7 nitrogen and oxygen atoms in total. The first-order chi connectivity index (χ1) is 18.7. The molecule has 0 atom stereocenters. The third-order valence-electron chi connectivity index (χ3n) is 7.42. The predicted molar refractivity (Wildman–Crippen MR) is 150 cm³/mol. The van der Waals surface area contributed by atoms with Gasteiger partial charge in [-0.3, -0.25) is 4.98 Å². The molecule has 0 unspecified atom stereocenters. The molecule has 5 rings (SSSR count). The molecule has 0 spiro atoms. The van der Waals surface area contributed by atoms with Crippen molar-refractivity contribution in [3.8, 4) is 17.0 Å². The second kappa shape index (κ2) is 13.2. The van der Waals surface area contributed by atoms with Gasteiger partial charge in [0.25, 0.3) is 0 Å². The van der Waals surface area contributed by atoms with Crippen LogP contribution in [-0.4, -0.2) is 58.3 Å². The van der Waals surface area contributed by atoms with Crippen LogP contribution in [0.3, 0.4) is 0 Å². The molecular weight excluding hydrogens is 478 g/mol. The molecule has 1 N–H and O–H groups in total. The number of fused-ring (bicyclic) bond motifs is 3. The molecule has 1 saturated carbocycles. The Bertz CT molecular complexity index is 1300. The minimum absolute atomic E-state index is 0.134. The maximum absolute atomic E-state index is 9.25. The topological polar surface area (TPSA) is 78.6 Å². The Morgan fingerprint density at radius 2 is 1.58 bits per heavy atom. The highest BCUT2D eigenvalue weighted by molar-refractivity contribution is 6.08. The fourth-order valence-corrected chi connectivity index (χ4v) is 5.04. The molecule has 0 bridgehead atoms. The lowest BCUT2D eigenvalue weighted by Gasteiger charge is -2.31. The summed E-state index contributed by atoms with van der Waals surface area (Å²) in [5.74, 6) is 0.666. The van der Waals surface area contributed by atoms with Gasteiger partial charge in [0.1, 0.15) is 0 Å². The summed E-state index contributed by atoms with van der Waals surface area (Å²) < 4.78 is 19.5. The van der Waals surface area contributed by atoms with Crippen molar-refractivity contribution in [1.82, 2.24) is 14.5 Å². The molecule has 0 radical (unpaired) electrons. The van der Waals surface area contributed by atoms with Gasteiger partial charge in [0, 0.05) is 73.4 Å². The number of hydrogen-bond donors (Lipinski definition) is 1. The van der Waals surface area contributed by atoms with E-state index in [-0.39, 0.29) is 12.2 Å². The van der Waals surface area contributed by atoms with Gasteiger partial charge in [-0.25, -0.2) is 4.98 Å². The normalized spacial score (nSPS) is 17.2. The molecule has 202 valence electrons. The first-order valence-electron chi connectivity index (χ1n) is 14.0. The number of aliphatic hydroxyl groups excluding tert-OH is 1. The molecule has 4 aromatic rings. The van der Waals surface area contributed by atoms with Crippen LogP contribution in [-0.2, 0) is 16.5 Å². The third-order valence-corrected chi connectivity index (χ3v) is 7.42. The highest BCUT2D eigenvalue weighted by Crippen LogP contribution is 2.31. The Balaban J connectivity index is 0.946. The standard InChI is InChI=1S/C31H39N3O4/c1-34-29-12-13-32-22-28(29)27-10-8-23(18-30(27)34)24-9-11-31(33-21-24)38-17-7-3-5-15-36-14-4-2-6-16-37-26-19-25(35)20-26/h8-13,18,21-22,25-26,35H,2-7,14-17,19-20H2,1H3. The SMILES string of the molecule is Cn1c2ccncc2c2ccc(-c3ccc(OCCCCCOCCCCCOC4CC(O)C4)nc3)cc21. The zero-order valence-corrected chi connectivity index (χ0v) is 22.3. The second-order valence-electron chi connectivity index (χ2n) is 10.3. The molecule has 1 aliphatic rings. The molecule has 38 heavy (non-hydrogen) atoms. The second-order valence-corrected chi connectivity index (χ2v) is 10.3. The largest absolute Gasteiger partial charge is 0.478 e. The minimum Gasteiger partial charge on any atom is -0.478 e. The number of aryl methyl sites for hydroxylation is 1. The van der Waals surface area contributed by atoms with Gasteiger partial charge in [0.05, 0.1) is 24.3 Å². The molecule has 0 amide bonds. The van der Waals surface area contributed by atoms with Crippen molar-refractivity contribution >= 4 is 21.8 Å². The van der Waals surface area contributed by atoms with Gasteiger partial charge in [-0.1, -0.05) is 12.1 Å². The lowest BCUT2D eigenvalue weighted by atomic mass is 9.92.